The molecular weight excluding hydrogens is 208 g/mol. The Morgan fingerprint density at radius 2 is 1.47 bits per heavy atom. The van der Waals surface area contributed by atoms with Gasteiger partial charge in [-0.3, -0.25) is 0 Å². The highest BCUT2D eigenvalue weighted by molar-refractivity contribution is 5.34. The van der Waals surface area contributed by atoms with Gasteiger partial charge in [0.25, 0.3) is 0 Å². The third-order valence-corrected chi connectivity index (χ3v) is 3.58. The van der Waals surface area contributed by atoms with Gasteiger partial charge in [0.2, 0.25) is 0 Å². The van der Waals surface area contributed by atoms with E-state index in [-0.39, 0.29) is 0 Å². The molecule has 0 aliphatic heterocycles. The zero-order chi connectivity index (χ0) is 12.9. The Balaban J connectivity index is 2.93. The lowest BCUT2D eigenvalue weighted by Gasteiger charge is -2.29. The summed E-state index contributed by atoms with van der Waals surface area (Å²) < 4.78 is 0. The first-order valence-electron chi connectivity index (χ1n) is 6.80. The van der Waals surface area contributed by atoms with E-state index in [1.165, 1.54) is 16.7 Å². The van der Waals surface area contributed by atoms with Gasteiger partial charge in [0.05, 0.1) is 5.60 Å². The molecule has 0 bridgehead atoms. The standard InChI is InChI=1S/C16H26O/c1-5-10-16(17,11-6-2)12-15-13(3)8-7-9-14(15)4/h7-9,17H,5-6,10-12H2,1-4H3. The van der Waals surface area contributed by atoms with E-state index in [1.807, 2.05) is 0 Å². The quantitative estimate of drug-likeness (QED) is 0.783. The highest BCUT2D eigenvalue weighted by Gasteiger charge is 2.26. The molecule has 17 heavy (non-hydrogen) atoms. The first-order valence-corrected chi connectivity index (χ1v) is 6.80. The molecular formula is C16H26O. The first-order chi connectivity index (χ1) is 8.02. The van der Waals surface area contributed by atoms with Crippen LogP contribution >= 0.6 is 0 Å². The first kappa shape index (κ1) is 14.2. The maximum Gasteiger partial charge on any atom is 0.0688 e. The molecule has 0 aliphatic carbocycles. The lowest BCUT2D eigenvalue weighted by molar-refractivity contribution is 0.0213. The predicted molar refractivity (Wildman–Crippen MR) is 74.4 cm³/mol. The van der Waals surface area contributed by atoms with Crippen LogP contribution in [0.3, 0.4) is 0 Å². The smallest absolute Gasteiger partial charge is 0.0688 e. The highest BCUT2D eigenvalue weighted by atomic mass is 16.3. The van der Waals surface area contributed by atoms with Gasteiger partial charge in [-0.2, -0.15) is 0 Å². The van der Waals surface area contributed by atoms with E-state index in [2.05, 4.69) is 45.9 Å². The van der Waals surface area contributed by atoms with Gasteiger partial charge in [0.15, 0.2) is 0 Å². The zero-order valence-electron chi connectivity index (χ0n) is 11.7. The maximum atomic E-state index is 10.7. The van der Waals surface area contributed by atoms with Crippen molar-refractivity contribution in [3.63, 3.8) is 0 Å². The molecule has 0 fully saturated rings. The molecule has 0 spiro atoms. The molecule has 0 atom stereocenters. The fraction of sp³-hybridized carbons (Fsp3) is 0.625. The Morgan fingerprint density at radius 3 is 1.88 bits per heavy atom. The normalized spacial score (nSPS) is 11.8. The van der Waals surface area contributed by atoms with Crippen LogP contribution in [0.4, 0.5) is 0 Å². The number of hydrogen-bond acceptors (Lipinski definition) is 1. The van der Waals surface area contributed by atoms with E-state index in [9.17, 15) is 5.11 Å². The summed E-state index contributed by atoms with van der Waals surface area (Å²) in [6.07, 6.45) is 4.68. The van der Waals surface area contributed by atoms with Crippen LogP contribution in [-0.4, -0.2) is 10.7 Å². The fourth-order valence-electron chi connectivity index (χ4n) is 2.69. The van der Waals surface area contributed by atoms with Gasteiger partial charge in [-0.1, -0.05) is 44.9 Å². The summed E-state index contributed by atoms with van der Waals surface area (Å²) in [6.45, 7) is 8.57. The Labute approximate surface area is 106 Å². The largest absolute Gasteiger partial charge is 0.390 e. The van der Waals surface area contributed by atoms with Gasteiger partial charge in [0, 0.05) is 6.42 Å². The zero-order valence-corrected chi connectivity index (χ0v) is 11.7. The van der Waals surface area contributed by atoms with Crippen molar-refractivity contribution in [3.8, 4) is 0 Å². The van der Waals surface area contributed by atoms with E-state index in [0.29, 0.717) is 0 Å². The summed E-state index contributed by atoms with van der Waals surface area (Å²) in [6, 6.07) is 6.37. The van der Waals surface area contributed by atoms with Crippen molar-refractivity contribution in [1.82, 2.24) is 0 Å². The van der Waals surface area contributed by atoms with Gasteiger partial charge in [-0.15, -0.1) is 0 Å². The molecule has 1 rings (SSSR count). The summed E-state index contributed by atoms with van der Waals surface area (Å²) in [5.74, 6) is 0. The second kappa shape index (κ2) is 6.20. The predicted octanol–water partition coefficient (Wildman–Crippen LogP) is 4.18. The van der Waals surface area contributed by atoms with Gasteiger partial charge in [-0.25, -0.2) is 0 Å². The van der Waals surface area contributed by atoms with Crippen LogP contribution in [-0.2, 0) is 6.42 Å². The van der Waals surface area contributed by atoms with Gasteiger partial charge in [-0.05, 0) is 43.4 Å². The molecule has 0 aliphatic rings. The average Bonchev–Trinajstić information content (AvgIpc) is 2.24. The minimum Gasteiger partial charge on any atom is -0.390 e. The second-order valence-corrected chi connectivity index (χ2v) is 5.27. The van der Waals surface area contributed by atoms with Crippen molar-refractivity contribution in [1.29, 1.82) is 0 Å². The molecule has 96 valence electrons. The highest BCUT2D eigenvalue weighted by Crippen LogP contribution is 2.27. The molecule has 0 unspecified atom stereocenters. The lowest BCUT2D eigenvalue weighted by atomic mass is 9.83. The van der Waals surface area contributed by atoms with Crippen molar-refractivity contribution in [2.75, 3.05) is 0 Å². The Hall–Kier alpha value is -0.820. The van der Waals surface area contributed by atoms with E-state index < -0.39 is 5.60 Å². The average molecular weight is 234 g/mol. The number of rotatable bonds is 6. The van der Waals surface area contributed by atoms with Crippen molar-refractivity contribution in [3.05, 3.63) is 34.9 Å². The molecule has 1 aromatic rings. The van der Waals surface area contributed by atoms with E-state index in [0.717, 1.165) is 32.1 Å². The summed E-state index contributed by atoms with van der Waals surface area (Å²) >= 11 is 0. The number of aryl methyl sites for hydroxylation is 2. The van der Waals surface area contributed by atoms with Gasteiger partial charge >= 0.3 is 0 Å². The molecule has 0 saturated carbocycles. The van der Waals surface area contributed by atoms with Crippen LogP contribution in [0.2, 0.25) is 0 Å². The Kier molecular flexibility index (Phi) is 5.20. The van der Waals surface area contributed by atoms with E-state index in [4.69, 9.17) is 0 Å². The maximum absolute atomic E-state index is 10.7. The fourth-order valence-corrected chi connectivity index (χ4v) is 2.69. The number of benzene rings is 1. The number of hydrogen-bond donors (Lipinski definition) is 1. The van der Waals surface area contributed by atoms with Crippen molar-refractivity contribution in [2.45, 2.75) is 65.4 Å². The van der Waals surface area contributed by atoms with Crippen LogP contribution in [0.25, 0.3) is 0 Å². The van der Waals surface area contributed by atoms with E-state index >= 15 is 0 Å². The van der Waals surface area contributed by atoms with Crippen molar-refractivity contribution in [2.24, 2.45) is 0 Å². The molecule has 0 aromatic heterocycles. The van der Waals surface area contributed by atoms with Gasteiger partial charge in [0.1, 0.15) is 0 Å². The van der Waals surface area contributed by atoms with Crippen LogP contribution in [0.1, 0.15) is 56.2 Å². The van der Waals surface area contributed by atoms with Crippen LogP contribution < -0.4 is 0 Å². The molecule has 1 N–H and O–H groups in total. The SMILES string of the molecule is CCCC(O)(CCC)Cc1c(C)cccc1C. The molecule has 0 radical (unpaired) electrons. The monoisotopic (exact) mass is 234 g/mol. The molecule has 0 amide bonds. The van der Waals surface area contributed by atoms with Crippen molar-refractivity contribution >= 4 is 0 Å². The molecule has 1 nitrogen and oxygen atoms in total. The third kappa shape index (κ3) is 3.85. The van der Waals surface area contributed by atoms with Crippen LogP contribution in [0.15, 0.2) is 18.2 Å². The molecule has 0 heterocycles. The summed E-state index contributed by atoms with van der Waals surface area (Å²) in [4.78, 5) is 0. The van der Waals surface area contributed by atoms with Gasteiger partial charge < -0.3 is 5.11 Å². The Bertz CT molecular complexity index is 328. The second-order valence-electron chi connectivity index (χ2n) is 5.27. The molecule has 0 saturated heterocycles. The molecule has 1 aromatic carbocycles. The summed E-state index contributed by atoms with van der Waals surface area (Å²) in [5.41, 5.74) is 3.42. The summed E-state index contributed by atoms with van der Waals surface area (Å²) in [5, 5.41) is 10.7. The Morgan fingerprint density at radius 1 is 1.00 bits per heavy atom. The molecule has 1 heteroatoms. The van der Waals surface area contributed by atoms with Crippen LogP contribution in [0.5, 0.6) is 0 Å². The van der Waals surface area contributed by atoms with Crippen LogP contribution in [0, 0.1) is 13.8 Å². The lowest BCUT2D eigenvalue weighted by Crippen LogP contribution is -2.31. The van der Waals surface area contributed by atoms with Crippen molar-refractivity contribution < 1.29 is 5.11 Å². The number of aliphatic hydroxyl groups is 1. The summed E-state index contributed by atoms with van der Waals surface area (Å²) in [7, 11) is 0. The topological polar surface area (TPSA) is 20.2 Å². The minimum absolute atomic E-state index is 0.514. The van der Waals surface area contributed by atoms with E-state index in [1.54, 1.807) is 0 Å². The minimum atomic E-state index is -0.514. The third-order valence-electron chi connectivity index (χ3n) is 3.58.